The van der Waals surface area contributed by atoms with Gasteiger partial charge < -0.3 is 15.2 Å². The van der Waals surface area contributed by atoms with Crippen molar-refractivity contribution >= 4 is 5.82 Å². The number of aromatic nitrogens is 2. The largest absolute Gasteiger partial charge is 0.394 e. The molecule has 0 radical (unpaired) electrons. The highest BCUT2D eigenvalue weighted by Crippen LogP contribution is 2.22. The number of nitrogens with one attached hydrogen (secondary N) is 1. The number of aliphatic hydroxyl groups excluding tert-OH is 1. The molecule has 1 unspecified atom stereocenters. The molecule has 2 rings (SSSR count). The van der Waals surface area contributed by atoms with Crippen LogP contribution >= 0.6 is 0 Å². The summed E-state index contributed by atoms with van der Waals surface area (Å²) in [5.41, 5.74) is 0.696. The zero-order valence-corrected chi connectivity index (χ0v) is 13.4. The van der Waals surface area contributed by atoms with E-state index in [0.29, 0.717) is 13.1 Å². The van der Waals surface area contributed by atoms with Crippen LogP contribution in [-0.2, 0) is 11.3 Å². The van der Waals surface area contributed by atoms with Gasteiger partial charge in [-0.3, -0.25) is 4.90 Å². The summed E-state index contributed by atoms with van der Waals surface area (Å²) in [7, 11) is 0. The van der Waals surface area contributed by atoms with E-state index in [1.807, 2.05) is 33.8 Å². The Morgan fingerprint density at radius 2 is 2.24 bits per heavy atom. The first kappa shape index (κ1) is 16.1. The maximum atomic E-state index is 9.37. The molecule has 0 aromatic carbocycles. The highest BCUT2D eigenvalue weighted by atomic mass is 16.5. The Morgan fingerprint density at radius 3 is 2.90 bits per heavy atom. The van der Waals surface area contributed by atoms with Gasteiger partial charge in [0.05, 0.1) is 24.9 Å². The summed E-state index contributed by atoms with van der Waals surface area (Å²) < 4.78 is 5.83. The van der Waals surface area contributed by atoms with Gasteiger partial charge in [0.2, 0.25) is 0 Å². The number of aliphatic hydroxyl groups is 1. The summed E-state index contributed by atoms with van der Waals surface area (Å²) in [6.07, 6.45) is -0.146. The molecule has 1 aromatic rings. The van der Waals surface area contributed by atoms with Crippen molar-refractivity contribution in [2.45, 2.75) is 45.9 Å². The average molecular weight is 294 g/mol. The maximum Gasteiger partial charge on any atom is 0.144 e. The molecule has 1 aromatic heterocycles. The van der Waals surface area contributed by atoms with Crippen LogP contribution < -0.4 is 5.32 Å². The number of hydrogen-bond acceptors (Lipinski definition) is 6. The van der Waals surface area contributed by atoms with Gasteiger partial charge in [0.25, 0.3) is 0 Å². The fourth-order valence-electron chi connectivity index (χ4n) is 2.80. The van der Waals surface area contributed by atoms with Crippen molar-refractivity contribution in [1.82, 2.24) is 14.9 Å². The quantitative estimate of drug-likeness (QED) is 0.850. The first-order chi connectivity index (χ1) is 9.91. The van der Waals surface area contributed by atoms with Crippen LogP contribution in [0.2, 0.25) is 0 Å². The van der Waals surface area contributed by atoms with E-state index in [1.54, 1.807) is 0 Å². The monoisotopic (exact) mass is 294 g/mol. The molecule has 0 spiro atoms. The Bertz CT molecular complexity index is 479. The van der Waals surface area contributed by atoms with E-state index in [9.17, 15) is 5.11 Å². The van der Waals surface area contributed by atoms with Crippen LogP contribution in [0.25, 0.3) is 0 Å². The standard InChI is InChI=1S/C15H26N4O2/c1-5-16-13-6-11(2)17-14(18-13)8-19-7-12(9-20)21-15(3,4)10-19/h6,12,20H,5,7-10H2,1-4H3,(H,16,17,18). The number of hydrogen-bond donors (Lipinski definition) is 2. The minimum absolute atomic E-state index is 0.0389. The second-order valence-corrected chi connectivity index (χ2v) is 6.19. The van der Waals surface area contributed by atoms with Gasteiger partial charge in [-0.1, -0.05) is 0 Å². The molecule has 0 bridgehead atoms. The van der Waals surface area contributed by atoms with E-state index in [2.05, 4.69) is 20.2 Å². The van der Waals surface area contributed by atoms with Crippen molar-refractivity contribution < 1.29 is 9.84 Å². The van der Waals surface area contributed by atoms with Crippen molar-refractivity contribution in [2.24, 2.45) is 0 Å². The van der Waals surface area contributed by atoms with Crippen LogP contribution in [0.3, 0.4) is 0 Å². The number of nitrogens with zero attached hydrogens (tertiary/aromatic N) is 3. The lowest BCUT2D eigenvalue weighted by molar-refractivity contribution is -0.151. The van der Waals surface area contributed by atoms with Crippen molar-refractivity contribution in [3.63, 3.8) is 0 Å². The normalized spacial score (nSPS) is 22.2. The smallest absolute Gasteiger partial charge is 0.144 e. The minimum atomic E-state index is -0.264. The number of anilines is 1. The van der Waals surface area contributed by atoms with Crippen LogP contribution in [0.15, 0.2) is 6.07 Å². The Kier molecular flexibility index (Phi) is 5.13. The van der Waals surface area contributed by atoms with Crippen molar-refractivity contribution in [3.05, 3.63) is 17.6 Å². The predicted octanol–water partition coefficient (Wildman–Crippen LogP) is 1.19. The summed E-state index contributed by atoms with van der Waals surface area (Å²) in [5.74, 6) is 1.67. The predicted molar refractivity (Wildman–Crippen MR) is 82.2 cm³/mol. The molecule has 2 N–H and O–H groups in total. The van der Waals surface area contributed by atoms with Gasteiger partial charge >= 0.3 is 0 Å². The molecule has 1 saturated heterocycles. The highest BCUT2D eigenvalue weighted by Gasteiger charge is 2.33. The molecule has 1 aliphatic rings. The zero-order valence-electron chi connectivity index (χ0n) is 13.4. The van der Waals surface area contributed by atoms with Gasteiger partial charge in [-0.25, -0.2) is 9.97 Å². The molecule has 6 heteroatoms. The van der Waals surface area contributed by atoms with Crippen LogP contribution in [-0.4, -0.2) is 57.9 Å². The number of rotatable bonds is 5. The van der Waals surface area contributed by atoms with Gasteiger partial charge in [0.15, 0.2) is 0 Å². The summed E-state index contributed by atoms with van der Waals surface area (Å²) >= 11 is 0. The van der Waals surface area contributed by atoms with Gasteiger partial charge in [-0.15, -0.1) is 0 Å². The van der Waals surface area contributed by atoms with Gasteiger partial charge in [0, 0.05) is 31.4 Å². The maximum absolute atomic E-state index is 9.37. The fraction of sp³-hybridized carbons (Fsp3) is 0.733. The third-order valence-corrected chi connectivity index (χ3v) is 3.38. The van der Waals surface area contributed by atoms with Crippen LogP contribution in [0.5, 0.6) is 0 Å². The SMILES string of the molecule is CCNc1cc(C)nc(CN2CC(CO)OC(C)(C)C2)n1. The third-order valence-electron chi connectivity index (χ3n) is 3.38. The van der Waals surface area contributed by atoms with E-state index in [-0.39, 0.29) is 18.3 Å². The van der Waals surface area contributed by atoms with Crippen molar-refractivity contribution in [2.75, 3.05) is 31.6 Å². The Balaban J connectivity index is 2.09. The first-order valence-electron chi connectivity index (χ1n) is 7.51. The highest BCUT2D eigenvalue weighted by molar-refractivity contribution is 5.35. The van der Waals surface area contributed by atoms with Crippen LogP contribution in [0.4, 0.5) is 5.82 Å². The van der Waals surface area contributed by atoms with E-state index in [0.717, 1.165) is 30.4 Å². The van der Waals surface area contributed by atoms with E-state index >= 15 is 0 Å². The molecular formula is C15H26N4O2. The Hall–Kier alpha value is -1.24. The van der Waals surface area contributed by atoms with E-state index in [1.165, 1.54) is 0 Å². The molecule has 0 saturated carbocycles. The lowest BCUT2D eigenvalue weighted by Gasteiger charge is -2.42. The molecule has 21 heavy (non-hydrogen) atoms. The molecule has 0 aliphatic carbocycles. The molecule has 0 amide bonds. The first-order valence-corrected chi connectivity index (χ1v) is 7.51. The van der Waals surface area contributed by atoms with Crippen LogP contribution in [0.1, 0.15) is 32.3 Å². The molecule has 1 atom stereocenters. The van der Waals surface area contributed by atoms with E-state index in [4.69, 9.17) is 4.74 Å². The van der Waals surface area contributed by atoms with Crippen molar-refractivity contribution in [3.8, 4) is 0 Å². The topological polar surface area (TPSA) is 70.5 Å². The number of morpholine rings is 1. The zero-order chi connectivity index (χ0) is 15.5. The van der Waals surface area contributed by atoms with Gasteiger partial charge in [-0.2, -0.15) is 0 Å². The fourth-order valence-corrected chi connectivity index (χ4v) is 2.80. The summed E-state index contributed by atoms with van der Waals surface area (Å²) in [5, 5.41) is 12.6. The second kappa shape index (κ2) is 6.68. The molecule has 118 valence electrons. The lowest BCUT2D eigenvalue weighted by Crippen LogP contribution is -2.53. The van der Waals surface area contributed by atoms with Gasteiger partial charge in [-0.05, 0) is 27.7 Å². The second-order valence-electron chi connectivity index (χ2n) is 6.19. The summed E-state index contributed by atoms with van der Waals surface area (Å²) in [6.45, 7) is 11.2. The molecule has 6 nitrogen and oxygen atoms in total. The van der Waals surface area contributed by atoms with Crippen LogP contribution in [0, 0.1) is 6.92 Å². The number of ether oxygens (including phenoxy) is 1. The number of aryl methyl sites for hydroxylation is 1. The Morgan fingerprint density at radius 1 is 1.48 bits per heavy atom. The molecule has 1 aliphatic heterocycles. The average Bonchev–Trinajstić information content (AvgIpc) is 2.36. The minimum Gasteiger partial charge on any atom is -0.394 e. The van der Waals surface area contributed by atoms with Crippen molar-refractivity contribution in [1.29, 1.82) is 0 Å². The van der Waals surface area contributed by atoms with E-state index < -0.39 is 0 Å². The summed E-state index contributed by atoms with van der Waals surface area (Å²) in [4.78, 5) is 11.3. The molecular weight excluding hydrogens is 268 g/mol. The molecule has 2 heterocycles. The third kappa shape index (κ3) is 4.62. The lowest BCUT2D eigenvalue weighted by atomic mass is 10.1. The molecule has 1 fully saturated rings. The Labute approximate surface area is 126 Å². The van der Waals surface area contributed by atoms with Gasteiger partial charge in [0.1, 0.15) is 11.6 Å². The summed E-state index contributed by atoms with van der Waals surface area (Å²) in [6, 6.07) is 1.95.